The molecule has 1 aliphatic rings. The number of carbonyl (C=O) groups is 3. The molecule has 1 aliphatic heterocycles. The fraction of sp³-hybridized carbons (Fsp3) is 0.304. The summed E-state index contributed by atoms with van der Waals surface area (Å²) in [6.45, 7) is 2.14. The van der Waals surface area contributed by atoms with Gasteiger partial charge in [0.1, 0.15) is 11.8 Å². The van der Waals surface area contributed by atoms with Gasteiger partial charge in [-0.15, -0.1) is 0 Å². The summed E-state index contributed by atoms with van der Waals surface area (Å²) in [7, 11) is 1.56. The third-order valence-corrected chi connectivity index (χ3v) is 5.51. The Hall–Kier alpha value is -3.46. The van der Waals surface area contributed by atoms with Crippen molar-refractivity contribution in [2.24, 2.45) is 0 Å². The Morgan fingerprint density at radius 3 is 2.38 bits per heavy atom. The first-order valence-electron chi connectivity index (χ1n) is 10.3. The number of carbonyl (C=O) groups excluding carboxylic acids is 3. The number of ether oxygens (including phenoxy) is 1. The standard InChI is InChI=1S/C23H26N4O4S/c1-3-26-22(30)19(15-21(29)24-17-10-12-18(31-2)13-11-17)27(23(26)32)25-20(28)14-9-16-7-5-4-6-8-16/h4-8,10-13,19H,3,9,14-15H2,1-2H3,(H,24,29)(H,25,28)/t19-/m0/s1. The maximum Gasteiger partial charge on any atom is 0.254 e. The van der Waals surface area contributed by atoms with Gasteiger partial charge in [-0.3, -0.25) is 24.7 Å². The molecule has 0 aromatic heterocycles. The first-order valence-corrected chi connectivity index (χ1v) is 10.8. The average molecular weight is 455 g/mol. The van der Waals surface area contributed by atoms with Crippen LogP contribution >= 0.6 is 12.2 Å². The Bertz CT molecular complexity index is 981. The molecule has 0 bridgehead atoms. The largest absolute Gasteiger partial charge is 0.497 e. The zero-order chi connectivity index (χ0) is 23.1. The van der Waals surface area contributed by atoms with Crippen molar-refractivity contribution in [2.75, 3.05) is 19.0 Å². The van der Waals surface area contributed by atoms with Gasteiger partial charge < -0.3 is 10.1 Å². The molecule has 1 saturated heterocycles. The smallest absolute Gasteiger partial charge is 0.254 e. The second-order valence-electron chi connectivity index (χ2n) is 7.25. The van der Waals surface area contributed by atoms with Crippen molar-refractivity contribution < 1.29 is 19.1 Å². The third kappa shape index (κ3) is 5.61. The molecule has 0 unspecified atom stereocenters. The molecule has 0 radical (unpaired) electrons. The molecular formula is C23H26N4O4S. The van der Waals surface area contributed by atoms with Gasteiger partial charge in [-0.25, -0.2) is 5.01 Å². The minimum absolute atomic E-state index is 0.152. The first-order chi connectivity index (χ1) is 15.4. The third-order valence-electron chi connectivity index (χ3n) is 5.10. The number of amides is 3. The number of rotatable bonds is 9. The van der Waals surface area contributed by atoms with Gasteiger partial charge in [0.05, 0.1) is 13.5 Å². The Morgan fingerprint density at radius 1 is 1.06 bits per heavy atom. The van der Waals surface area contributed by atoms with E-state index in [-0.39, 0.29) is 35.7 Å². The first kappa shape index (κ1) is 23.2. The van der Waals surface area contributed by atoms with Crippen LogP contribution in [0.3, 0.4) is 0 Å². The number of anilines is 1. The summed E-state index contributed by atoms with van der Waals surface area (Å²) < 4.78 is 5.11. The van der Waals surface area contributed by atoms with E-state index in [9.17, 15) is 14.4 Å². The van der Waals surface area contributed by atoms with Gasteiger partial charge in [0.15, 0.2) is 5.11 Å². The maximum absolute atomic E-state index is 12.8. The van der Waals surface area contributed by atoms with E-state index in [1.54, 1.807) is 38.3 Å². The summed E-state index contributed by atoms with van der Waals surface area (Å²) >= 11 is 5.39. The van der Waals surface area contributed by atoms with Gasteiger partial charge in [-0.2, -0.15) is 0 Å². The van der Waals surface area contributed by atoms with Crippen LogP contribution in [-0.2, 0) is 20.8 Å². The normalized spacial score (nSPS) is 15.6. The topological polar surface area (TPSA) is 91.0 Å². The number of likely N-dealkylation sites (N-methyl/N-ethyl adjacent to an activating group) is 1. The van der Waals surface area contributed by atoms with Gasteiger partial charge in [-0.1, -0.05) is 30.3 Å². The summed E-state index contributed by atoms with van der Waals surface area (Å²) in [6, 6.07) is 15.6. The van der Waals surface area contributed by atoms with Gasteiger partial charge in [0.2, 0.25) is 11.8 Å². The molecule has 9 heteroatoms. The molecule has 2 aromatic rings. The summed E-state index contributed by atoms with van der Waals surface area (Å²) in [5.74, 6) is -0.284. The van der Waals surface area contributed by atoms with Crippen molar-refractivity contribution >= 4 is 40.7 Å². The van der Waals surface area contributed by atoms with E-state index in [2.05, 4.69) is 10.7 Å². The van der Waals surface area contributed by atoms with Crippen LogP contribution in [0.25, 0.3) is 0 Å². The van der Waals surface area contributed by atoms with E-state index in [0.29, 0.717) is 24.4 Å². The van der Waals surface area contributed by atoms with Crippen LogP contribution in [0.2, 0.25) is 0 Å². The van der Waals surface area contributed by atoms with E-state index in [4.69, 9.17) is 17.0 Å². The molecule has 8 nitrogen and oxygen atoms in total. The van der Waals surface area contributed by atoms with Crippen molar-refractivity contribution in [1.29, 1.82) is 0 Å². The van der Waals surface area contributed by atoms with Crippen LogP contribution in [0.15, 0.2) is 54.6 Å². The number of hydrogen-bond acceptors (Lipinski definition) is 5. The van der Waals surface area contributed by atoms with E-state index in [1.165, 1.54) is 9.91 Å². The number of aryl methyl sites for hydroxylation is 1. The van der Waals surface area contributed by atoms with Crippen LogP contribution in [0.5, 0.6) is 5.75 Å². The number of hydrogen-bond donors (Lipinski definition) is 2. The highest BCUT2D eigenvalue weighted by atomic mass is 32.1. The molecule has 0 aliphatic carbocycles. The molecule has 3 amide bonds. The Morgan fingerprint density at radius 2 is 1.75 bits per heavy atom. The predicted octanol–water partition coefficient (Wildman–Crippen LogP) is 2.51. The van der Waals surface area contributed by atoms with Crippen molar-refractivity contribution in [1.82, 2.24) is 15.3 Å². The van der Waals surface area contributed by atoms with Crippen LogP contribution in [0, 0.1) is 0 Å². The molecule has 3 rings (SSSR count). The Labute approximate surface area is 192 Å². The minimum Gasteiger partial charge on any atom is -0.497 e. The zero-order valence-corrected chi connectivity index (χ0v) is 18.9. The van der Waals surface area contributed by atoms with E-state index in [0.717, 1.165) is 5.56 Å². The number of nitrogens with zero attached hydrogens (tertiary/aromatic N) is 2. The number of nitrogens with one attached hydrogen (secondary N) is 2. The summed E-state index contributed by atoms with van der Waals surface area (Å²) in [4.78, 5) is 39.4. The molecule has 1 heterocycles. The fourth-order valence-corrected chi connectivity index (χ4v) is 3.79. The lowest BCUT2D eigenvalue weighted by molar-refractivity contribution is -0.132. The van der Waals surface area contributed by atoms with Crippen LogP contribution in [0.4, 0.5) is 5.69 Å². The second-order valence-corrected chi connectivity index (χ2v) is 7.62. The number of hydrazine groups is 1. The SMILES string of the molecule is CCN1C(=O)[C@H](CC(=O)Nc2ccc(OC)cc2)N(NC(=O)CCc2ccccc2)C1=S. The molecule has 168 valence electrons. The number of benzene rings is 2. The predicted molar refractivity (Wildman–Crippen MR) is 125 cm³/mol. The van der Waals surface area contributed by atoms with Crippen LogP contribution in [0.1, 0.15) is 25.3 Å². The molecular weight excluding hydrogens is 428 g/mol. The molecule has 1 fully saturated rings. The van der Waals surface area contributed by atoms with Crippen molar-refractivity contribution in [3.05, 3.63) is 60.2 Å². The number of thiocarbonyl (C=S) groups is 1. The average Bonchev–Trinajstić information content (AvgIpc) is 3.02. The van der Waals surface area contributed by atoms with Gasteiger partial charge >= 0.3 is 0 Å². The monoisotopic (exact) mass is 454 g/mol. The highest BCUT2D eigenvalue weighted by molar-refractivity contribution is 7.80. The van der Waals surface area contributed by atoms with Crippen LogP contribution < -0.4 is 15.5 Å². The van der Waals surface area contributed by atoms with E-state index >= 15 is 0 Å². The lowest BCUT2D eigenvalue weighted by atomic mass is 10.1. The molecule has 2 aromatic carbocycles. The second kappa shape index (κ2) is 10.7. The molecule has 0 spiro atoms. The van der Waals surface area contributed by atoms with Gasteiger partial charge in [0.25, 0.3) is 5.91 Å². The van der Waals surface area contributed by atoms with Crippen LogP contribution in [-0.4, -0.2) is 52.4 Å². The molecule has 32 heavy (non-hydrogen) atoms. The maximum atomic E-state index is 12.8. The number of methoxy groups -OCH3 is 1. The minimum atomic E-state index is -0.902. The lowest BCUT2D eigenvalue weighted by Crippen LogP contribution is -2.49. The summed E-state index contributed by atoms with van der Waals surface area (Å²) in [5.41, 5.74) is 4.34. The molecule has 0 saturated carbocycles. The summed E-state index contributed by atoms with van der Waals surface area (Å²) in [6.07, 6.45) is 0.635. The van der Waals surface area contributed by atoms with Crippen molar-refractivity contribution in [2.45, 2.75) is 32.2 Å². The van der Waals surface area contributed by atoms with Gasteiger partial charge in [-0.05, 0) is 55.4 Å². The Kier molecular flexibility index (Phi) is 7.77. The Balaban J connectivity index is 1.64. The zero-order valence-electron chi connectivity index (χ0n) is 18.0. The quantitative estimate of drug-likeness (QED) is 0.566. The highest BCUT2D eigenvalue weighted by Crippen LogP contribution is 2.21. The van der Waals surface area contributed by atoms with Gasteiger partial charge in [0, 0.05) is 18.7 Å². The van der Waals surface area contributed by atoms with Crippen molar-refractivity contribution in [3.63, 3.8) is 0 Å². The lowest BCUT2D eigenvalue weighted by Gasteiger charge is -2.24. The fourth-order valence-electron chi connectivity index (χ4n) is 3.40. The molecule has 2 N–H and O–H groups in total. The highest BCUT2D eigenvalue weighted by Gasteiger charge is 2.43. The van der Waals surface area contributed by atoms with E-state index < -0.39 is 6.04 Å². The molecule has 1 atom stereocenters. The van der Waals surface area contributed by atoms with Crippen molar-refractivity contribution in [3.8, 4) is 5.75 Å². The summed E-state index contributed by atoms with van der Waals surface area (Å²) in [5, 5.41) is 4.28. The van der Waals surface area contributed by atoms with E-state index in [1.807, 2.05) is 30.3 Å².